The Morgan fingerprint density at radius 2 is 1.22 bits per heavy atom. The van der Waals surface area contributed by atoms with Gasteiger partial charge in [0, 0.05) is 45.3 Å². The van der Waals surface area contributed by atoms with Gasteiger partial charge in [0.25, 0.3) is 0 Å². The maximum atomic E-state index is 2.44. The van der Waals surface area contributed by atoms with E-state index in [9.17, 15) is 0 Å². The van der Waals surface area contributed by atoms with E-state index in [0.717, 1.165) is 30.8 Å². The normalized spacial score (nSPS) is 12.9. The molecule has 0 aliphatic heterocycles. The second kappa shape index (κ2) is 13.4. The number of allylic oxidation sites excluding steroid dienone is 4. The number of fused-ring (bicyclic) bond motifs is 6. The minimum Gasteiger partial charge on any atom is -0.341 e. The van der Waals surface area contributed by atoms with Crippen LogP contribution >= 0.6 is 0 Å². The summed E-state index contributed by atoms with van der Waals surface area (Å²) in [6.07, 6.45) is 9.10. The molecule has 0 fully saturated rings. The van der Waals surface area contributed by atoms with Crippen molar-refractivity contribution in [2.45, 2.75) is 26.3 Å². The first kappa shape index (κ1) is 32.0. The third-order valence-electron chi connectivity index (χ3n) is 11.2. The Morgan fingerprint density at radius 1 is 0.500 bits per heavy atom. The Morgan fingerprint density at radius 3 is 2.09 bits per heavy atom. The fourth-order valence-corrected chi connectivity index (χ4v) is 8.64. The number of rotatable bonds is 7. The molecule has 0 spiro atoms. The molecule has 0 saturated heterocycles. The van der Waals surface area contributed by atoms with E-state index in [1.165, 1.54) is 82.4 Å². The van der Waals surface area contributed by atoms with Crippen LogP contribution in [0, 0.1) is 0 Å². The first-order valence-electron chi connectivity index (χ1n) is 19.1. The molecule has 8 aromatic carbocycles. The van der Waals surface area contributed by atoms with E-state index >= 15 is 0 Å². The van der Waals surface area contributed by atoms with Crippen molar-refractivity contribution in [3.63, 3.8) is 0 Å². The van der Waals surface area contributed by atoms with Gasteiger partial charge in [0.2, 0.25) is 0 Å². The van der Waals surface area contributed by atoms with Gasteiger partial charge in [-0.2, -0.15) is 0 Å². The maximum Gasteiger partial charge on any atom is 0.0539 e. The van der Waals surface area contributed by atoms with E-state index < -0.39 is 0 Å². The predicted octanol–water partition coefficient (Wildman–Crippen LogP) is 14.7. The molecule has 54 heavy (non-hydrogen) atoms. The Balaban J connectivity index is 1.11. The fraction of sp³-hybridized carbons (Fsp3) is 0.0769. The number of para-hydroxylation sites is 2. The summed E-state index contributed by atoms with van der Waals surface area (Å²) in [7, 11) is 0. The zero-order valence-corrected chi connectivity index (χ0v) is 30.4. The highest BCUT2D eigenvalue weighted by Crippen LogP contribution is 2.43. The van der Waals surface area contributed by atoms with Crippen molar-refractivity contribution >= 4 is 66.0 Å². The molecule has 9 aromatic rings. The lowest BCUT2D eigenvalue weighted by Gasteiger charge is -2.29. The van der Waals surface area contributed by atoms with Gasteiger partial charge in [0.1, 0.15) is 0 Å². The highest BCUT2D eigenvalue weighted by Gasteiger charge is 2.20. The zero-order chi connectivity index (χ0) is 36.0. The molecule has 0 N–H and O–H groups in total. The van der Waals surface area contributed by atoms with Crippen molar-refractivity contribution in [3.05, 3.63) is 194 Å². The van der Waals surface area contributed by atoms with Crippen molar-refractivity contribution in [1.29, 1.82) is 0 Å². The number of aryl methyl sites for hydroxylation is 1. The molecule has 2 nitrogen and oxygen atoms in total. The van der Waals surface area contributed by atoms with E-state index in [0.29, 0.717) is 0 Å². The molecule has 0 atom stereocenters. The molecule has 0 amide bonds. The number of aromatic nitrogens is 1. The predicted molar refractivity (Wildman–Crippen MR) is 232 cm³/mol. The summed E-state index contributed by atoms with van der Waals surface area (Å²) in [5.41, 5.74) is 13.4. The Kier molecular flexibility index (Phi) is 7.95. The van der Waals surface area contributed by atoms with Gasteiger partial charge in [-0.1, -0.05) is 140 Å². The second-order valence-corrected chi connectivity index (χ2v) is 14.3. The molecule has 10 rings (SSSR count). The van der Waals surface area contributed by atoms with E-state index in [2.05, 4.69) is 204 Å². The molecule has 1 aliphatic carbocycles. The summed E-state index contributed by atoms with van der Waals surface area (Å²) in [5, 5.41) is 7.72. The fourth-order valence-electron chi connectivity index (χ4n) is 8.64. The van der Waals surface area contributed by atoms with Gasteiger partial charge in [0.15, 0.2) is 0 Å². The zero-order valence-electron chi connectivity index (χ0n) is 30.4. The molecule has 1 aromatic heterocycles. The smallest absolute Gasteiger partial charge is 0.0539 e. The van der Waals surface area contributed by atoms with Crippen LogP contribution in [-0.4, -0.2) is 4.57 Å². The third-order valence-corrected chi connectivity index (χ3v) is 11.2. The first-order valence-corrected chi connectivity index (χ1v) is 19.1. The van der Waals surface area contributed by atoms with Crippen LogP contribution in [0.1, 0.15) is 25.3 Å². The van der Waals surface area contributed by atoms with Gasteiger partial charge in [0.05, 0.1) is 5.69 Å². The van der Waals surface area contributed by atoms with E-state index in [4.69, 9.17) is 0 Å². The van der Waals surface area contributed by atoms with Gasteiger partial charge in [-0.05, 0) is 118 Å². The number of benzene rings is 8. The molecule has 0 saturated carbocycles. The lowest BCUT2D eigenvalue weighted by molar-refractivity contribution is 0.827. The number of hydrogen-bond donors (Lipinski definition) is 0. The Labute approximate surface area is 316 Å². The molecule has 1 heterocycles. The topological polar surface area (TPSA) is 8.17 Å². The van der Waals surface area contributed by atoms with E-state index in [1.807, 2.05) is 0 Å². The summed E-state index contributed by atoms with van der Waals surface area (Å²) >= 11 is 0. The minimum atomic E-state index is 0.925. The summed E-state index contributed by atoms with van der Waals surface area (Å²) in [5.74, 6) is 0. The van der Waals surface area contributed by atoms with Crippen LogP contribution in [0.4, 0.5) is 17.1 Å². The van der Waals surface area contributed by atoms with Crippen molar-refractivity contribution in [2.75, 3.05) is 4.90 Å². The van der Waals surface area contributed by atoms with Crippen molar-refractivity contribution < 1.29 is 0 Å². The summed E-state index contributed by atoms with van der Waals surface area (Å²) < 4.78 is 2.44. The maximum absolute atomic E-state index is 2.44. The van der Waals surface area contributed by atoms with E-state index in [-0.39, 0.29) is 0 Å². The van der Waals surface area contributed by atoms with Crippen LogP contribution in [-0.2, 0) is 6.54 Å². The summed E-state index contributed by atoms with van der Waals surface area (Å²) in [4.78, 5) is 2.44. The standard InChI is InChI=1S/C52H40N2/c1-2-53-49-23-10-9-21-48(49)52-47(22-13-25-51(52)53)40-17-12-18-43(35-40)54(50-24-11-8-20-46(50)37-14-4-3-5-15-37)42-31-28-36(29-32-42)39-30-33-45-41(34-39)27-26-38-16-6-7-19-44(38)45/h4,6-35H,2-3,5H2,1H3. The lowest BCUT2D eigenvalue weighted by atomic mass is 9.95. The van der Waals surface area contributed by atoms with Gasteiger partial charge in [-0.3, -0.25) is 0 Å². The highest BCUT2D eigenvalue weighted by molar-refractivity contribution is 6.15. The third kappa shape index (κ3) is 5.42. The number of anilines is 3. The van der Waals surface area contributed by atoms with Crippen LogP contribution in [0.25, 0.3) is 71.2 Å². The van der Waals surface area contributed by atoms with Gasteiger partial charge >= 0.3 is 0 Å². The number of nitrogens with zero attached hydrogens (tertiary/aromatic N) is 2. The molecule has 0 bridgehead atoms. The van der Waals surface area contributed by atoms with Crippen LogP contribution in [0.5, 0.6) is 0 Å². The quantitative estimate of drug-likeness (QED) is 0.151. The lowest BCUT2D eigenvalue weighted by Crippen LogP contribution is -2.12. The summed E-state index contributed by atoms with van der Waals surface area (Å²) in [6.45, 7) is 3.16. The molecule has 0 unspecified atom stereocenters. The van der Waals surface area contributed by atoms with Crippen LogP contribution in [0.3, 0.4) is 0 Å². The molecular weight excluding hydrogens is 653 g/mol. The molecular formula is C52H40N2. The molecule has 0 radical (unpaired) electrons. The van der Waals surface area contributed by atoms with Crippen LogP contribution in [0.2, 0.25) is 0 Å². The SMILES string of the molecule is CCn1c2ccccc2c2c(-c3cccc(N(c4ccc(-c5ccc6c(ccc7ccccc76)c5)cc4)c4ccccc4C4=CCCC=C4)c3)cccc21. The largest absolute Gasteiger partial charge is 0.341 e. The van der Waals surface area contributed by atoms with Crippen molar-refractivity contribution in [3.8, 4) is 22.3 Å². The minimum absolute atomic E-state index is 0.925. The Bertz CT molecular complexity index is 2920. The van der Waals surface area contributed by atoms with Crippen molar-refractivity contribution in [2.24, 2.45) is 0 Å². The van der Waals surface area contributed by atoms with Gasteiger partial charge in [-0.25, -0.2) is 0 Å². The average molecular weight is 693 g/mol. The first-order chi connectivity index (χ1) is 26.7. The molecule has 258 valence electrons. The van der Waals surface area contributed by atoms with Crippen LogP contribution < -0.4 is 4.90 Å². The average Bonchev–Trinajstić information content (AvgIpc) is 3.58. The molecule has 2 heteroatoms. The Hall–Kier alpha value is -6.64. The molecule has 1 aliphatic rings. The van der Waals surface area contributed by atoms with Gasteiger partial charge < -0.3 is 9.47 Å². The monoisotopic (exact) mass is 692 g/mol. The van der Waals surface area contributed by atoms with Crippen LogP contribution in [0.15, 0.2) is 188 Å². The van der Waals surface area contributed by atoms with Gasteiger partial charge in [-0.15, -0.1) is 0 Å². The second-order valence-electron chi connectivity index (χ2n) is 14.3. The van der Waals surface area contributed by atoms with E-state index in [1.54, 1.807) is 0 Å². The summed E-state index contributed by atoms with van der Waals surface area (Å²) in [6, 6.07) is 62.6. The number of hydrogen-bond acceptors (Lipinski definition) is 1. The highest BCUT2D eigenvalue weighted by atomic mass is 15.1. The van der Waals surface area contributed by atoms with Crippen molar-refractivity contribution in [1.82, 2.24) is 4.57 Å².